The van der Waals surface area contributed by atoms with E-state index in [4.69, 9.17) is 20.3 Å². The molecule has 1 aliphatic rings. The SMILES string of the molecule is NCCC(C(=O)O)S(=O)(=O)c1ccc2c(c1)OCCCO2. The molecular weight excluding hydrogens is 298 g/mol. The molecule has 0 saturated heterocycles. The van der Waals surface area contributed by atoms with Crippen molar-refractivity contribution in [3.05, 3.63) is 18.2 Å². The Hall–Kier alpha value is -1.80. The summed E-state index contributed by atoms with van der Waals surface area (Å²) in [5, 5.41) is 7.53. The van der Waals surface area contributed by atoms with Crippen LogP contribution in [0.5, 0.6) is 11.5 Å². The molecule has 1 heterocycles. The van der Waals surface area contributed by atoms with Crippen LogP contribution >= 0.6 is 0 Å². The summed E-state index contributed by atoms with van der Waals surface area (Å²) in [6.07, 6.45) is 0.549. The number of nitrogens with two attached hydrogens (primary N) is 1. The first-order valence-electron chi connectivity index (χ1n) is 6.53. The molecule has 1 aliphatic heterocycles. The van der Waals surface area contributed by atoms with E-state index in [1.165, 1.54) is 18.2 Å². The van der Waals surface area contributed by atoms with Crippen molar-refractivity contribution in [2.45, 2.75) is 23.0 Å². The van der Waals surface area contributed by atoms with Crippen LogP contribution in [-0.4, -0.2) is 44.5 Å². The molecule has 0 saturated carbocycles. The number of aliphatic carboxylic acids is 1. The Morgan fingerprint density at radius 1 is 1.29 bits per heavy atom. The van der Waals surface area contributed by atoms with Crippen molar-refractivity contribution in [1.29, 1.82) is 0 Å². The van der Waals surface area contributed by atoms with Gasteiger partial charge in [0.2, 0.25) is 0 Å². The lowest BCUT2D eigenvalue weighted by molar-refractivity contribution is -0.136. The molecule has 0 aliphatic carbocycles. The molecule has 0 radical (unpaired) electrons. The molecule has 0 amide bonds. The first-order valence-corrected chi connectivity index (χ1v) is 8.08. The zero-order valence-corrected chi connectivity index (χ0v) is 12.1. The van der Waals surface area contributed by atoms with Gasteiger partial charge in [0.1, 0.15) is 0 Å². The summed E-state index contributed by atoms with van der Waals surface area (Å²) >= 11 is 0. The average Bonchev–Trinajstić information content (AvgIpc) is 2.68. The fourth-order valence-electron chi connectivity index (χ4n) is 2.05. The van der Waals surface area contributed by atoms with E-state index in [2.05, 4.69) is 0 Å². The molecule has 0 bridgehead atoms. The second-order valence-electron chi connectivity index (χ2n) is 4.61. The lowest BCUT2D eigenvalue weighted by Crippen LogP contribution is -2.32. The first kappa shape index (κ1) is 15.6. The highest BCUT2D eigenvalue weighted by Gasteiger charge is 2.34. The van der Waals surface area contributed by atoms with Crippen molar-refractivity contribution in [1.82, 2.24) is 0 Å². The number of carbonyl (C=O) groups is 1. The minimum absolute atomic E-state index is 0.0270. The van der Waals surface area contributed by atoms with E-state index in [-0.39, 0.29) is 17.9 Å². The number of fused-ring (bicyclic) bond motifs is 1. The lowest BCUT2D eigenvalue weighted by atomic mass is 10.3. The summed E-state index contributed by atoms with van der Waals surface area (Å²) in [6.45, 7) is 0.881. The van der Waals surface area contributed by atoms with Gasteiger partial charge in [0.05, 0.1) is 18.1 Å². The molecule has 1 unspecified atom stereocenters. The molecule has 1 aromatic carbocycles. The van der Waals surface area contributed by atoms with Crippen LogP contribution in [0, 0.1) is 0 Å². The van der Waals surface area contributed by atoms with Crippen molar-refractivity contribution < 1.29 is 27.8 Å². The Balaban J connectivity index is 2.40. The minimum atomic E-state index is -4.02. The predicted octanol–water partition coefficient (Wildman–Crippen LogP) is 0.424. The highest BCUT2D eigenvalue weighted by molar-refractivity contribution is 7.92. The number of hydrogen-bond acceptors (Lipinski definition) is 6. The first-order chi connectivity index (χ1) is 9.96. The van der Waals surface area contributed by atoms with Crippen LogP contribution in [0.1, 0.15) is 12.8 Å². The standard InChI is InChI=1S/C13H17NO6S/c14-5-4-12(13(15)16)21(17,18)9-2-3-10-11(8-9)20-7-1-6-19-10/h2-3,8,12H,1,4-7,14H2,(H,15,16). The van der Waals surface area contributed by atoms with E-state index in [0.717, 1.165) is 0 Å². The summed E-state index contributed by atoms with van der Waals surface area (Å²) in [7, 11) is -4.02. The van der Waals surface area contributed by atoms with E-state index in [9.17, 15) is 13.2 Å². The zero-order chi connectivity index (χ0) is 15.5. The van der Waals surface area contributed by atoms with Gasteiger partial charge in [0.15, 0.2) is 26.6 Å². The Morgan fingerprint density at radius 3 is 2.57 bits per heavy atom. The molecular formula is C13H17NO6S. The van der Waals surface area contributed by atoms with E-state index < -0.39 is 21.1 Å². The van der Waals surface area contributed by atoms with Gasteiger partial charge in [-0.05, 0) is 25.1 Å². The molecule has 1 aromatic rings. The molecule has 1 atom stereocenters. The van der Waals surface area contributed by atoms with E-state index in [0.29, 0.717) is 31.1 Å². The summed E-state index contributed by atoms with van der Waals surface area (Å²) in [5.74, 6) is -0.643. The van der Waals surface area contributed by atoms with Gasteiger partial charge < -0.3 is 20.3 Å². The normalized spacial score (nSPS) is 16.0. The van der Waals surface area contributed by atoms with Crippen molar-refractivity contribution in [2.75, 3.05) is 19.8 Å². The third kappa shape index (κ3) is 3.27. The topological polar surface area (TPSA) is 116 Å². The van der Waals surface area contributed by atoms with Crippen LogP contribution in [0.2, 0.25) is 0 Å². The quantitative estimate of drug-likeness (QED) is 0.809. The van der Waals surface area contributed by atoms with Crippen LogP contribution in [0.4, 0.5) is 0 Å². The number of carboxylic acid groups (broad SMARTS) is 1. The van der Waals surface area contributed by atoms with Gasteiger partial charge >= 0.3 is 5.97 Å². The summed E-state index contributed by atoms with van der Waals surface area (Å²) in [4.78, 5) is 11.1. The third-order valence-electron chi connectivity index (χ3n) is 3.13. The van der Waals surface area contributed by atoms with Crippen LogP contribution in [0.25, 0.3) is 0 Å². The fraction of sp³-hybridized carbons (Fsp3) is 0.462. The zero-order valence-electron chi connectivity index (χ0n) is 11.3. The number of sulfone groups is 1. The van der Waals surface area contributed by atoms with Gasteiger partial charge in [-0.3, -0.25) is 4.79 Å². The van der Waals surface area contributed by atoms with E-state index in [1.54, 1.807) is 0 Å². The highest BCUT2D eigenvalue weighted by Crippen LogP contribution is 2.33. The maximum atomic E-state index is 12.4. The monoisotopic (exact) mass is 315 g/mol. The van der Waals surface area contributed by atoms with Crippen LogP contribution in [-0.2, 0) is 14.6 Å². The maximum absolute atomic E-state index is 12.4. The molecule has 0 fully saturated rings. The van der Waals surface area contributed by atoms with Crippen molar-refractivity contribution in [2.24, 2.45) is 5.73 Å². The fourth-order valence-corrected chi connectivity index (χ4v) is 3.62. The molecule has 0 spiro atoms. The molecule has 0 aromatic heterocycles. The smallest absolute Gasteiger partial charge is 0.322 e. The number of hydrogen-bond donors (Lipinski definition) is 2. The van der Waals surface area contributed by atoms with Gasteiger partial charge in [-0.2, -0.15) is 0 Å². The van der Waals surface area contributed by atoms with Gasteiger partial charge in [-0.25, -0.2) is 8.42 Å². The number of carboxylic acids is 1. The molecule has 7 nitrogen and oxygen atoms in total. The molecule has 2 rings (SSSR count). The minimum Gasteiger partial charge on any atom is -0.490 e. The number of ether oxygens (including phenoxy) is 2. The summed E-state index contributed by atoms with van der Waals surface area (Å²) in [5.41, 5.74) is 5.30. The summed E-state index contributed by atoms with van der Waals surface area (Å²) < 4.78 is 35.6. The molecule has 8 heteroatoms. The van der Waals surface area contributed by atoms with Crippen molar-refractivity contribution in [3.63, 3.8) is 0 Å². The van der Waals surface area contributed by atoms with Crippen molar-refractivity contribution in [3.8, 4) is 11.5 Å². The van der Waals surface area contributed by atoms with Crippen LogP contribution in [0.15, 0.2) is 23.1 Å². The Labute approximate surface area is 122 Å². The second kappa shape index (κ2) is 6.31. The molecule has 21 heavy (non-hydrogen) atoms. The second-order valence-corrected chi connectivity index (χ2v) is 6.74. The Bertz CT molecular complexity index is 628. The van der Waals surface area contributed by atoms with Gasteiger partial charge in [0.25, 0.3) is 0 Å². The van der Waals surface area contributed by atoms with Gasteiger partial charge in [0, 0.05) is 12.5 Å². The van der Waals surface area contributed by atoms with Gasteiger partial charge in [-0.1, -0.05) is 0 Å². The summed E-state index contributed by atoms with van der Waals surface area (Å²) in [6, 6.07) is 4.12. The predicted molar refractivity (Wildman–Crippen MR) is 74.3 cm³/mol. The van der Waals surface area contributed by atoms with Crippen LogP contribution < -0.4 is 15.2 Å². The average molecular weight is 315 g/mol. The highest BCUT2D eigenvalue weighted by atomic mass is 32.2. The molecule has 3 N–H and O–H groups in total. The number of rotatable bonds is 5. The number of benzene rings is 1. The molecule has 116 valence electrons. The van der Waals surface area contributed by atoms with Crippen molar-refractivity contribution >= 4 is 15.8 Å². The third-order valence-corrected chi connectivity index (χ3v) is 5.22. The Kier molecular flexibility index (Phi) is 4.69. The largest absolute Gasteiger partial charge is 0.490 e. The van der Waals surface area contributed by atoms with Crippen LogP contribution in [0.3, 0.4) is 0 Å². The maximum Gasteiger partial charge on any atom is 0.322 e. The van der Waals surface area contributed by atoms with Gasteiger partial charge in [-0.15, -0.1) is 0 Å². The lowest BCUT2D eigenvalue weighted by Gasteiger charge is -2.14. The Morgan fingerprint density at radius 2 is 1.95 bits per heavy atom. The van der Waals surface area contributed by atoms with E-state index in [1.807, 2.05) is 0 Å². The van der Waals surface area contributed by atoms with E-state index >= 15 is 0 Å².